The van der Waals surface area contributed by atoms with E-state index < -0.39 is 10.0 Å². The smallest absolute Gasteiger partial charge is 0.254 e. The minimum Gasteiger partial charge on any atom is -0.495 e. The Morgan fingerprint density at radius 1 is 1.14 bits per heavy atom. The summed E-state index contributed by atoms with van der Waals surface area (Å²) in [4.78, 5) is 12.0. The molecule has 2 heterocycles. The number of piperidine rings is 1. The van der Waals surface area contributed by atoms with Crippen molar-refractivity contribution in [2.45, 2.75) is 30.8 Å². The maximum absolute atomic E-state index is 13.0. The van der Waals surface area contributed by atoms with Gasteiger partial charge in [-0.25, -0.2) is 8.42 Å². The second-order valence-electron chi connectivity index (χ2n) is 6.75. The molecule has 0 saturated carbocycles. The second-order valence-corrected chi connectivity index (χ2v) is 9.09. The number of aromatic nitrogens is 1. The number of hydrogen-bond acceptors (Lipinski definition) is 5. The monoisotopic (exact) mass is 426 g/mol. The van der Waals surface area contributed by atoms with Crippen LogP contribution in [0.4, 0.5) is 0 Å². The standard InChI is InChI=1S/C19H23ClN2O5S/c1-13-10-16(12-19(23)21(13)2)27-15-6-8-22(9-7-15)28(24,25)18-11-14(20)4-5-17(18)26-3/h4-5,10-12,15H,6-9H2,1-3H3. The Bertz CT molecular complexity index is 1030. The lowest BCUT2D eigenvalue weighted by molar-refractivity contribution is 0.134. The average Bonchev–Trinajstić information content (AvgIpc) is 2.66. The van der Waals surface area contributed by atoms with Crippen molar-refractivity contribution >= 4 is 21.6 Å². The molecular weight excluding hydrogens is 404 g/mol. The van der Waals surface area contributed by atoms with Gasteiger partial charge in [-0.1, -0.05) is 11.6 Å². The Kier molecular flexibility index (Phi) is 6.02. The Hall–Kier alpha value is -2.03. The Balaban J connectivity index is 1.71. The number of benzene rings is 1. The summed E-state index contributed by atoms with van der Waals surface area (Å²) in [7, 11) is -0.599. The van der Waals surface area contributed by atoms with E-state index in [1.54, 1.807) is 29.8 Å². The lowest BCUT2D eigenvalue weighted by atomic mass is 10.1. The SMILES string of the molecule is COc1ccc(Cl)cc1S(=O)(=O)N1CCC(Oc2cc(C)n(C)c(=O)c2)CC1. The van der Waals surface area contributed by atoms with E-state index >= 15 is 0 Å². The van der Waals surface area contributed by atoms with Crippen LogP contribution < -0.4 is 15.0 Å². The fourth-order valence-electron chi connectivity index (χ4n) is 3.18. The summed E-state index contributed by atoms with van der Waals surface area (Å²) in [6.07, 6.45) is 0.895. The molecule has 0 amide bonds. The highest BCUT2D eigenvalue weighted by atomic mass is 35.5. The molecule has 0 unspecified atom stereocenters. The van der Waals surface area contributed by atoms with Gasteiger partial charge in [0.2, 0.25) is 10.0 Å². The molecule has 0 bridgehead atoms. The quantitative estimate of drug-likeness (QED) is 0.734. The third-order valence-corrected chi connectivity index (χ3v) is 7.08. The lowest BCUT2D eigenvalue weighted by Gasteiger charge is -2.31. The number of methoxy groups -OCH3 is 1. The summed E-state index contributed by atoms with van der Waals surface area (Å²) in [6.45, 7) is 2.46. The fourth-order valence-corrected chi connectivity index (χ4v) is 5.07. The van der Waals surface area contributed by atoms with E-state index in [-0.39, 0.29) is 22.3 Å². The van der Waals surface area contributed by atoms with Crippen LogP contribution in [-0.4, -0.2) is 43.6 Å². The van der Waals surface area contributed by atoms with Gasteiger partial charge in [-0.3, -0.25) is 4.79 Å². The van der Waals surface area contributed by atoms with E-state index in [1.165, 1.54) is 23.5 Å². The third-order valence-electron chi connectivity index (χ3n) is 4.92. The zero-order valence-corrected chi connectivity index (χ0v) is 17.6. The number of ether oxygens (including phenoxy) is 2. The summed E-state index contributed by atoms with van der Waals surface area (Å²) in [5.74, 6) is 0.775. The highest BCUT2D eigenvalue weighted by Gasteiger charge is 2.32. The van der Waals surface area contributed by atoms with Crippen LogP contribution in [0.25, 0.3) is 0 Å². The van der Waals surface area contributed by atoms with Crippen LogP contribution in [0.3, 0.4) is 0 Å². The number of aryl methyl sites for hydroxylation is 1. The average molecular weight is 427 g/mol. The second kappa shape index (κ2) is 8.14. The molecule has 0 radical (unpaired) electrons. The molecule has 0 N–H and O–H groups in total. The Morgan fingerprint density at radius 2 is 1.82 bits per heavy atom. The number of sulfonamides is 1. The normalized spacial score (nSPS) is 16.1. The van der Waals surface area contributed by atoms with E-state index in [0.717, 1.165) is 5.69 Å². The number of halogens is 1. The molecular formula is C19H23ClN2O5S. The molecule has 1 aromatic heterocycles. The van der Waals surface area contributed by atoms with E-state index in [4.69, 9.17) is 21.1 Å². The zero-order valence-electron chi connectivity index (χ0n) is 16.0. The van der Waals surface area contributed by atoms with Crippen molar-refractivity contribution in [2.24, 2.45) is 7.05 Å². The Labute approximate surface area is 169 Å². The molecule has 1 aliphatic rings. The van der Waals surface area contributed by atoms with Gasteiger partial charge < -0.3 is 14.0 Å². The lowest BCUT2D eigenvalue weighted by Crippen LogP contribution is -2.41. The van der Waals surface area contributed by atoms with Crippen LogP contribution in [-0.2, 0) is 17.1 Å². The van der Waals surface area contributed by atoms with Gasteiger partial charge >= 0.3 is 0 Å². The molecule has 3 rings (SSSR count). The molecule has 2 aromatic rings. The zero-order chi connectivity index (χ0) is 20.5. The van der Waals surface area contributed by atoms with Crippen LogP contribution in [0.5, 0.6) is 11.5 Å². The summed E-state index contributed by atoms with van der Waals surface area (Å²) in [6, 6.07) is 7.80. The largest absolute Gasteiger partial charge is 0.495 e. The van der Waals surface area contributed by atoms with Gasteiger partial charge in [0.15, 0.2) is 0 Å². The van der Waals surface area contributed by atoms with Crippen LogP contribution >= 0.6 is 11.6 Å². The number of nitrogens with zero attached hydrogens (tertiary/aromatic N) is 2. The number of hydrogen-bond donors (Lipinski definition) is 0. The maximum atomic E-state index is 13.0. The van der Waals surface area contributed by atoms with Gasteiger partial charge in [0.1, 0.15) is 22.5 Å². The first-order chi connectivity index (χ1) is 13.2. The predicted octanol–water partition coefficient (Wildman–Crippen LogP) is 2.59. The van der Waals surface area contributed by atoms with Gasteiger partial charge in [-0.2, -0.15) is 4.31 Å². The van der Waals surface area contributed by atoms with Gasteiger partial charge in [-0.05, 0) is 44.0 Å². The molecule has 0 atom stereocenters. The predicted molar refractivity (Wildman–Crippen MR) is 107 cm³/mol. The van der Waals surface area contributed by atoms with Gasteiger partial charge in [0, 0.05) is 36.9 Å². The van der Waals surface area contributed by atoms with Gasteiger partial charge in [0.05, 0.1) is 7.11 Å². The highest BCUT2D eigenvalue weighted by Crippen LogP contribution is 2.31. The minimum absolute atomic E-state index is 0.0593. The van der Waals surface area contributed by atoms with Crippen LogP contribution in [0.2, 0.25) is 5.02 Å². The summed E-state index contributed by atoms with van der Waals surface area (Å²) >= 11 is 5.98. The highest BCUT2D eigenvalue weighted by molar-refractivity contribution is 7.89. The fraction of sp³-hybridized carbons (Fsp3) is 0.421. The van der Waals surface area contributed by atoms with Crippen molar-refractivity contribution in [3.8, 4) is 11.5 Å². The first kappa shape index (κ1) is 20.7. The van der Waals surface area contributed by atoms with Crippen molar-refractivity contribution in [3.05, 3.63) is 51.4 Å². The molecule has 9 heteroatoms. The summed E-state index contributed by atoms with van der Waals surface area (Å²) < 4.78 is 40.1. The first-order valence-corrected chi connectivity index (χ1v) is 10.7. The van der Waals surface area contributed by atoms with Gasteiger partial charge in [-0.15, -0.1) is 0 Å². The molecule has 152 valence electrons. The van der Waals surface area contributed by atoms with E-state index in [9.17, 15) is 13.2 Å². The third kappa shape index (κ3) is 4.19. The van der Waals surface area contributed by atoms with E-state index in [1.807, 2.05) is 6.92 Å². The Morgan fingerprint density at radius 3 is 2.43 bits per heavy atom. The molecule has 1 fully saturated rings. The van der Waals surface area contributed by atoms with Crippen molar-refractivity contribution in [3.63, 3.8) is 0 Å². The van der Waals surface area contributed by atoms with Crippen molar-refractivity contribution in [1.82, 2.24) is 8.87 Å². The van der Waals surface area contributed by atoms with Crippen molar-refractivity contribution in [1.29, 1.82) is 0 Å². The molecule has 1 aliphatic heterocycles. The molecule has 0 aliphatic carbocycles. The molecule has 28 heavy (non-hydrogen) atoms. The van der Waals surface area contributed by atoms with E-state index in [0.29, 0.717) is 36.7 Å². The molecule has 0 spiro atoms. The maximum Gasteiger partial charge on any atom is 0.254 e. The summed E-state index contributed by atoms with van der Waals surface area (Å²) in [5.41, 5.74) is 0.665. The van der Waals surface area contributed by atoms with Crippen molar-refractivity contribution in [2.75, 3.05) is 20.2 Å². The minimum atomic E-state index is -3.73. The topological polar surface area (TPSA) is 77.8 Å². The number of rotatable bonds is 5. The van der Waals surface area contributed by atoms with E-state index in [2.05, 4.69) is 0 Å². The van der Waals surface area contributed by atoms with Gasteiger partial charge in [0.25, 0.3) is 5.56 Å². The molecule has 1 aromatic carbocycles. The van der Waals surface area contributed by atoms with Crippen LogP contribution in [0, 0.1) is 6.92 Å². The van der Waals surface area contributed by atoms with Crippen LogP contribution in [0.15, 0.2) is 40.0 Å². The molecule has 7 nitrogen and oxygen atoms in total. The van der Waals surface area contributed by atoms with Crippen molar-refractivity contribution < 1.29 is 17.9 Å². The summed E-state index contributed by atoms with van der Waals surface area (Å²) in [5, 5.41) is 0.332. The first-order valence-electron chi connectivity index (χ1n) is 8.90. The molecule has 1 saturated heterocycles. The van der Waals surface area contributed by atoms with Crippen LogP contribution in [0.1, 0.15) is 18.5 Å². The number of pyridine rings is 1.